The van der Waals surface area contributed by atoms with Crippen LogP contribution in [0.2, 0.25) is 0 Å². The molecule has 138 valence electrons. The molecule has 26 heavy (non-hydrogen) atoms. The van der Waals surface area contributed by atoms with Crippen molar-refractivity contribution < 1.29 is 9.53 Å². The molecule has 0 aliphatic heterocycles. The summed E-state index contributed by atoms with van der Waals surface area (Å²) in [5, 5.41) is 3.23. The molecule has 0 atom stereocenters. The van der Waals surface area contributed by atoms with Gasteiger partial charge in [-0.2, -0.15) is 0 Å². The van der Waals surface area contributed by atoms with Gasteiger partial charge in [-0.3, -0.25) is 4.79 Å². The number of hydrogen-bond acceptors (Lipinski definition) is 3. The van der Waals surface area contributed by atoms with Crippen molar-refractivity contribution in [2.24, 2.45) is 0 Å². The second-order valence-corrected chi connectivity index (χ2v) is 6.95. The van der Waals surface area contributed by atoms with Crippen LogP contribution in [0.25, 0.3) is 0 Å². The minimum atomic E-state index is 0.146. The highest BCUT2D eigenvalue weighted by Gasteiger charge is 2.21. The van der Waals surface area contributed by atoms with Crippen molar-refractivity contribution in [1.82, 2.24) is 4.90 Å². The van der Waals surface area contributed by atoms with E-state index in [1.165, 1.54) is 19.3 Å². The molecule has 0 radical (unpaired) electrons. The fraction of sp³-hybridized carbons (Fsp3) is 0.409. The van der Waals surface area contributed by atoms with Gasteiger partial charge in [-0.1, -0.05) is 55.7 Å². The summed E-state index contributed by atoms with van der Waals surface area (Å²) in [5.74, 6) is 0.944. The molecule has 1 amide bonds. The van der Waals surface area contributed by atoms with E-state index in [-0.39, 0.29) is 5.91 Å². The Morgan fingerprint density at radius 1 is 1.08 bits per heavy atom. The molecular weight excluding hydrogens is 324 g/mol. The molecule has 4 nitrogen and oxygen atoms in total. The number of amides is 1. The van der Waals surface area contributed by atoms with E-state index in [1.54, 1.807) is 0 Å². The summed E-state index contributed by atoms with van der Waals surface area (Å²) in [6, 6.07) is 18.3. The summed E-state index contributed by atoms with van der Waals surface area (Å²) in [6.45, 7) is 0.850. The zero-order valence-electron chi connectivity index (χ0n) is 15.5. The number of anilines is 1. The van der Waals surface area contributed by atoms with Gasteiger partial charge in [-0.05, 0) is 30.5 Å². The lowest BCUT2D eigenvalue weighted by atomic mass is 9.94. The lowest BCUT2D eigenvalue weighted by molar-refractivity contribution is -0.130. The monoisotopic (exact) mass is 352 g/mol. The number of benzene rings is 2. The minimum Gasteiger partial charge on any atom is -0.489 e. The highest BCUT2D eigenvalue weighted by atomic mass is 16.5. The van der Waals surface area contributed by atoms with Crippen molar-refractivity contribution in [2.75, 3.05) is 18.9 Å². The summed E-state index contributed by atoms with van der Waals surface area (Å²) < 4.78 is 5.85. The first-order valence-corrected chi connectivity index (χ1v) is 9.49. The van der Waals surface area contributed by atoms with Gasteiger partial charge in [0.25, 0.3) is 0 Å². The van der Waals surface area contributed by atoms with Crippen LogP contribution in [0.15, 0.2) is 54.6 Å². The summed E-state index contributed by atoms with van der Waals surface area (Å²) in [7, 11) is 1.93. The van der Waals surface area contributed by atoms with E-state index in [4.69, 9.17) is 4.74 Å². The molecule has 1 saturated carbocycles. The number of carbonyl (C=O) groups excluding carboxylic acids is 1. The Morgan fingerprint density at radius 3 is 2.62 bits per heavy atom. The lowest BCUT2D eigenvalue weighted by Gasteiger charge is -2.31. The van der Waals surface area contributed by atoms with Crippen LogP contribution in [0.4, 0.5) is 5.69 Å². The number of nitrogens with zero attached hydrogens (tertiary/aromatic N) is 1. The van der Waals surface area contributed by atoms with Gasteiger partial charge >= 0.3 is 0 Å². The summed E-state index contributed by atoms with van der Waals surface area (Å²) >= 11 is 0. The molecule has 0 aromatic heterocycles. The Morgan fingerprint density at radius 2 is 1.85 bits per heavy atom. The SMILES string of the molecule is CN(C(=O)CNc1cccc(OCc2ccccc2)c1)C1CCCCC1. The van der Waals surface area contributed by atoms with Gasteiger partial charge in [0.2, 0.25) is 5.91 Å². The second-order valence-electron chi connectivity index (χ2n) is 6.95. The largest absolute Gasteiger partial charge is 0.489 e. The molecule has 1 aliphatic rings. The molecule has 1 N–H and O–H groups in total. The molecule has 0 spiro atoms. The van der Waals surface area contributed by atoms with Gasteiger partial charge < -0.3 is 15.0 Å². The van der Waals surface area contributed by atoms with Crippen LogP contribution >= 0.6 is 0 Å². The fourth-order valence-electron chi connectivity index (χ4n) is 3.41. The van der Waals surface area contributed by atoms with Crippen LogP contribution in [0.1, 0.15) is 37.7 Å². The molecule has 1 aliphatic carbocycles. The highest BCUT2D eigenvalue weighted by molar-refractivity contribution is 5.81. The average Bonchev–Trinajstić information content (AvgIpc) is 2.71. The first kappa shape index (κ1) is 18.3. The predicted molar refractivity (Wildman–Crippen MR) is 105 cm³/mol. The molecule has 0 unspecified atom stereocenters. The normalized spacial score (nSPS) is 14.7. The van der Waals surface area contributed by atoms with Crippen molar-refractivity contribution in [2.45, 2.75) is 44.8 Å². The summed E-state index contributed by atoms with van der Waals surface area (Å²) in [5.41, 5.74) is 2.04. The maximum absolute atomic E-state index is 12.4. The topological polar surface area (TPSA) is 41.6 Å². The fourth-order valence-corrected chi connectivity index (χ4v) is 3.41. The van der Waals surface area contributed by atoms with Crippen molar-refractivity contribution in [3.63, 3.8) is 0 Å². The third-order valence-corrected chi connectivity index (χ3v) is 5.04. The standard InChI is InChI=1S/C22H28N2O2/c1-24(20-12-6-3-7-13-20)22(25)16-23-19-11-8-14-21(15-19)26-17-18-9-4-2-5-10-18/h2,4-5,8-11,14-15,20,23H,3,6-7,12-13,16-17H2,1H3. The molecular formula is C22H28N2O2. The maximum Gasteiger partial charge on any atom is 0.241 e. The van der Waals surface area contributed by atoms with Crippen LogP contribution in [-0.2, 0) is 11.4 Å². The average molecular weight is 352 g/mol. The van der Waals surface area contributed by atoms with Crippen molar-refractivity contribution in [3.05, 3.63) is 60.2 Å². The summed E-state index contributed by atoms with van der Waals surface area (Å²) in [6.07, 6.45) is 6.02. The molecule has 0 heterocycles. The first-order valence-electron chi connectivity index (χ1n) is 9.49. The van der Waals surface area contributed by atoms with Gasteiger partial charge in [0.05, 0.1) is 6.54 Å². The van der Waals surface area contributed by atoms with E-state index in [1.807, 2.05) is 66.5 Å². The van der Waals surface area contributed by atoms with Gasteiger partial charge in [-0.25, -0.2) is 0 Å². The molecule has 2 aromatic rings. The van der Waals surface area contributed by atoms with Gasteiger partial charge in [0.15, 0.2) is 0 Å². The zero-order valence-corrected chi connectivity index (χ0v) is 15.5. The number of carbonyl (C=O) groups is 1. The van der Waals surface area contributed by atoms with E-state index < -0.39 is 0 Å². The molecule has 2 aromatic carbocycles. The third kappa shape index (κ3) is 5.25. The van der Waals surface area contributed by atoms with Crippen LogP contribution in [0, 0.1) is 0 Å². The van der Waals surface area contributed by atoms with Crippen molar-refractivity contribution >= 4 is 11.6 Å². The van der Waals surface area contributed by atoms with E-state index >= 15 is 0 Å². The quantitative estimate of drug-likeness (QED) is 0.799. The Balaban J connectivity index is 1.49. The third-order valence-electron chi connectivity index (χ3n) is 5.04. The van der Waals surface area contributed by atoms with Crippen LogP contribution in [0.3, 0.4) is 0 Å². The van der Waals surface area contributed by atoms with Crippen molar-refractivity contribution in [3.8, 4) is 5.75 Å². The highest BCUT2D eigenvalue weighted by Crippen LogP contribution is 2.22. The van der Waals surface area contributed by atoms with Gasteiger partial charge in [-0.15, -0.1) is 0 Å². The summed E-state index contributed by atoms with van der Waals surface area (Å²) in [4.78, 5) is 14.4. The lowest BCUT2D eigenvalue weighted by Crippen LogP contribution is -2.41. The zero-order chi connectivity index (χ0) is 18.2. The molecule has 1 fully saturated rings. The second kappa shape index (κ2) is 9.27. The van der Waals surface area contributed by atoms with E-state index in [0.29, 0.717) is 19.2 Å². The number of rotatable bonds is 7. The van der Waals surface area contributed by atoms with E-state index in [2.05, 4.69) is 5.32 Å². The predicted octanol–water partition coefficient (Wildman–Crippen LogP) is 4.47. The van der Waals surface area contributed by atoms with Crippen LogP contribution in [0.5, 0.6) is 5.75 Å². The minimum absolute atomic E-state index is 0.146. The number of ether oxygens (including phenoxy) is 1. The Kier molecular flexibility index (Phi) is 6.53. The Hall–Kier alpha value is -2.49. The van der Waals surface area contributed by atoms with Gasteiger partial charge in [0, 0.05) is 24.8 Å². The molecule has 3 rings (SSSR count). The maximum atomic E-state index is 12.4. The van der Waals surface area contributed by atoms with Crippen LogP contribution in [-0.4, -0.2) is 30.4 Å². The Bertz CT molecular complexity index is 696. The number of likely N-dealkylation sites (N-methyl/N-ethyl adjacent to an activating group) is 1. The number of nitrogens with one attached hydrogen (secondary N) is 1. The number of hydrogen-bond donors (Lipinski definition) is 1. The smallest absolute Gasteiger partial charge is 0.241 e. The van der Waals surface area contributed by atoms with Crippen molar-refractivity contribution in [1.29, 1.82) is 0 Å². The molecule has 0 saturated heterocycles. The Labute approximate surface area is 156 Å². The first-order chi connectivity index (χ1) is 12.7. The molecule has 0 bridgehead atoms. The van der Waals surface area contributed by atoms with Crippen LogP contribution < -0.4 is 10.1 Å². The van der Waals surface area contributed by atoms with E-state index in [9.17, 15) is 4.79 Å². The molecule has 4 heteroatoms. The van der Waals surface area contributed by atoms with Gasteiger partial charge in [0.1, 0.15) is 12.4 Å². The van der Waals surface area contributed by atoms with E-state index in [0.717, 1.165) is 29.8 Å².